The molecule has 0 aromatic rings. The minimum absolute atomic E-state index is 0.0402. The number of phosphoric acid groups is 1. The summed E-state index contributed by atoms with van der Waals surface area (Å²) in [4.78, 5) is 35.5. The second kappa shape index (κ2) is 32.0. The lowest BCUT2D eigenvalue weighted by Gasteiger charge is -2.41. The molecule has 0 heterocycles. The van der Waals surface area contributed by atoms with Crippen LogP contribution in [0, 0.1) is 0 Å². The van der Waals surface area contributed by atoms with Crippen LogP contribution in [0.25, 0.3) is 0 Å². The minimum Gasteiger partial charge on any atom is -0.462 e. The predicted molar refractivity (Wildman–Crippen MR) is 216 cm³/mol. The molecule has 56 heavy (non-hydrogen) atoms. The van der Waals surface area contributed by atoms with Gasteiger partial charge in [0.2, 0.25) is 0 Å². The van der Waals surface area contributed by atoms with Gasteiger partial charge in [0, 0.05) is 12.8 Å². The molecule has 0 aromatic carbocycles. The van der Waals surface area contributed by atoms with E-state index in [2.05, 4.69) is 56.4 Å². The Bertz CT molecular complexity index is 1310. The van der Waals surface area contributed by atoms with Gasteiger partial charge in [0.25, 0.3) is 0 Å². The van der Waals surface area contributed by atoms with E-state index in [-0.39, 0.29) is 12.8 Å². The molecule has 0 aliphatic heterocycles. The van der Waals surface area contributed by atoms with Crippen molar-refractivity contribution in [1.29, 1.82) is 0 Å². The van der Waals surface area contributed by atoms with Crippen LogP contribution in [0.5, 0.6) is 0 Å². The average molecular weight is 811 g/mol. The van der Waals surface area contributed by atoms with Crippen LogP contribution in [0.4, 0.5) is 0 Å². The number of esters is 2. The summed E-state index contributed by atoms with van der Waals surface area (Å²) >= 11 is 0. The lowest BCUT2D eigenvalue weighted by molar-refractivity contribution is -0.220. The summed E-state index contributed by atoms with van der Waals surface area (Å²) in [5.41, 5.74) is 0. The standard InChI is InChI=1S/C42H67O13P/c1-3-5-7-9-11-13-15-17-19-20-22-24-26-28-30-35(43)52-32-34(33-53-56(50,51)55-42-40(48)38(46)37(45)39(47)41(42)49)54-36(44)31-29-27-25-23-21-18-16-14-12-10-8-6-4-2/h5-8,10-14,16-19,21,34,37-42,45-49H,3-4,9,15,20,22-33H2,1-2H3,(H,50,51)/b7-5+,8-6+,12-10+,13-11+,16-14+,19-17+,21-18+/t34?,37?,38-,39?,40?,41?,42?/m0/s1. The van der Waals surface area contributed by atoms with Crippen LogP contribution in [0.15, 0.2) is 85.1 Å². The van der Waals surface area contributed by atoms with Gasteiger partial charge in [-0.15, -0.1) is 0 Å². The Hall–Kier alpha value is -2.97. The Morgan fingerprint density at radius 1 is 0.571 bits per heavy atom. The Morgan fingerprint density at radius 2 is 1.05 bits per heavy atom. The minimum atomic E-state index is -5.13. The summed E-state index contributed by atoms with van der Waals surface area (Å²) in [6, 6.07) is 0. The van der Waals surface area contributed by atoms with Gasteiger partial charge < -0.3 is 39.9 Å². The Kier molecular flexibility index (Phi) is 29.2. The first-order chi connectivity index (χ1) is 26.9. The molecule has 0 saturated heterocycles. The van der Waals surface area contributed by atoms with E-state index < -0.39 is 75.7 Å². The number of hydrogen-bond donors (Lipinski definition) is 6. The quantitative estimate of drug-likeness (QED) is 0.0150. The summed E-state index contributed by atoms with van der Waals surface area (Å²) in [6.07, 6.45) is 26.6. The van der Waals surface area contributed by atoms with E-state index in [4.69, 9.17) is 18.5 Å². The molecule has 8 atom stereocenters. The summed E-state index contributed by atoms with van der Waals surface area (Å²) in [6.45, 7) is 2.94. The zero-order chi connectivity index (χ0) is 41.4. The molecule has 1 saturated carbocycles. The van der Waals surface area contributed by atoms with Gasteiger partial charge in [0.05, 0.1) is 6.61 Å². The number of unbranched alkanes of at least 4 members (excludes halogenated alkanes) is 7. The average Bonchev–Trinajstić information content (AvgIpc) is 3.18. The van der Waals surface area contributed by atoms with Crippen molar-refractivity contribution < 1.29 is 63.1 Å². The molecule has 0 bridgehead atoms. The molecule has 0 spiro atoms. The third kappa shape index (κ3) is 24.6. The first-order valence-corrected chi connectivity index (χ1v) is 21.4. The van der Waals surface area contributed by atoms with Crippen LogP contribution < -0.4 is 0 Å². The van der Waals surface area contributed by atoms with E-state index in [9.17, 15) is 44.6 Å². The fourth-order valence-electron chi connectivity index (χ4n) is 5.37. The van der Waals surface area contributed by atoms with Crippen LogP contribution >= 0.6 is 7.82 Å². The van der Waals surface area contributed by atoms with Gasteiger partial charge in [-0.1, -0.05) is 118 Å². The van der Waals surface area contributed by atoms with E-state index in [0.29, 0.717) is 12.8 Å². The summed E-state index contributed by atoms with van der Waals surface area (Å²) in [5.74, 6) is -1.18. The van der Waals surface area contributed by atoms with Crippen LogP contribution in [0.1, 0.15) is 110 Å². The second-order valence-corrected chi connectivity index (χ2v) is 14.9. The molecule has 1 rings (SSSR count). The molecule has 0 radical (unpaired) electrons. The second-order valence-electron chi connectivity index (χ2n) is 13.5. The van der Waals surface area contributed by atoms with Crippen molar-refractivity contribution in [1.82, 2.24) is 0 Å². The van der Waals surface area contributed by atoms with Crippen LogP contribution in [-0.4, -0.2) is 98.3 Å². The molecule has 1 fully saturated rings. The zero-order valence-corrected chi connectivity index (χ0v) is 34.0. The third-order valence-electron chi connectivity index (χ3n) is 8.58. The molecule has 13 nitrogen and oxygen atoms in total. The van der Waals surface area contributed by atoms with Gasteiger partial charge in [-0.3, -0.25) is 18.6 Å². The van der Waals surface area contributed by atoms with Gasteiger partial charge in [0.1, 0.15) is 43.2 Å². The van der Waals surface area contributed by atoms with Crippen molar-refractivity contribution in [2.45, 2.75) is 153 Å². The number of hydrogen-bond acceptors (Lipinski definition) is 12. The van der Waals surface area contributed by atoms with Crippen molar-refractivity contribution in [2.75, 3.05) is 13.2 Å². The fraction of sp³-hybridized carbons (Fsp3) is 0.619. The Labute approximate surface area is 333 Å². The molecule has 6 N–H and O–H groups in total. The molecule has 0 amide bonds. The smallest absolute Gasteiger partial charge is 0.462 e. The van der Waals surface area contributed by atoms with E-state index in [0.717, 1.165) is 70.6 Å². The van der Waals surface area contributed by atoms with Crippen LogP contribution in [-0.2, 0) is 32.7 Å². The number of carbonyl (C=O) groups excluding carboxylic acids is 2. The van der Waals surface area contributed by atoms with Gasteiger partial charge in [-0.2, -0.15) is 0 Å². The highest BCUT2D eigenvalue weighted by atomic mass is 31.2. The Morgan fingerprint density at radius 3 is 1.68 bits per heavy atom. The molecular formula is C42H67O13P. The molecule has 14 heteroatoms. The largest absolute Gasteiger partial charge is 0.472 e. The number of aliphatic hydroxyl groups excluding tert-OH is 5. The first kappa shape index (κ1) is 51.0. The van der Waals surface area contributed by atoms with Crippen LogP contribution in [0.3, 0.4) is 0 Å². The fourth-order valence-corrected chi connectivity index (χ4v) is 6.34. The highest BCUT2D eigenvalue weighted by Crippen LogP contribution is 2.47. The van der Waals surface area contributed by atoms with Crippen LogP contribution in [0.2, 0.25) is 0 Å². The van der Waals surface area contributed by atoms with Crippen molar-refractivity contribution in [2.24, 2.45) is 0 Å². The number of ether oxygens (including phenoxy) is 2. The van der Waals surface area contributed by atoms with Gasteiger partial charge in [0.15, 0.2) is 6.10 Å². The third-order valence-corrected chi connectivity index (χ3v) is 9.56. The number of aliphatic hydroxyl groups is 5. The highest BCUT2D eigenvalue weighted by molar-refractivity contribution is 7.47. The van der Waals surface area contributed by atoms with Crippen molar-refractivity contribution in [3.05, 3.63) is 85.1 Å². The van der Waals surface area contributed by atoms with Gasteiger partial charge in [-0.05, 0) is 64.2 Å². The number of phosphoric ester groups is 1. The Balaban J connectivity index is 2.58. The lowest BCUT2D eigenvalue weighted by Crippen LogP contribution is -2.64. The summed E-state index contributed by atoms with van der Waals surface area (Å²) in [5, 5.41) is 50.0. The van der Waals surface area contributed by atoms with Crippen molar-refractivity contribution >= 4 is 19.8 Å². The van der Waals surface area contributed by atoms with E-state index in [1.807, 2.05) is 42.5 Å². The normalized spacial score (nSPS) is 23.8. The van der Waals surface area contributed by atoms with Gasteiger partial charge >= 0.3 is 19.8 Å². The first-order valence-electron chi connectivity index (χ1n) is 19.9. The highest BCUT2D eigenvalue weighted by Gasteiger charge is 2.51. The topological polar surface area (TPSA) is 210 Å². The lowest BCUT2D eigenvalue weighted by atomic mass is 9.85. The van der Waals surface area contributed by atoms with E-state index in [1.165, 1.54) is 0 Å². The maximum Gasteiger partial charge on any atom is 0.472 e. The van der Waals surface area contributed by atoms with Gasteiger partial charge in [-0.25, -0.2) is 4.57 Å². The molecule has 318 valence electrons. The summed E-state index contributed by atoms with van der Waals surface area (Å²) in [7, 11) is -5.13. The molecule has 7 unspecified atom stereocenters. The number of rotatable bonds is 30. The molecule has 1 aliphatic rings. The zero-order valence-electron chi connectivity index (χ0n) is 33.1. The SMILES string of the molecule is CC/C=C/C=C/C=C/C=C/CCCCCC(=O)OC(COC(=O)CCCCCC/C=C/C/C=C/C/C=C/CC)COP(=O)(O)OC1C(O)C(O)C(O)[C@H](O)C1O. The maximum absolute atomic E-state index is 12.8. The molecular weight excluding hydrogens is 743 g/mol. The monoisotopic (exact) mass is 810 g/mol. The van der Waals surface area contributed by atoms with Crippen molar-refractivity contribution in [3.63, 3.8) is 0 Å². The van der Waals surface area contributed by atoms with Crippen molar-refractivity contribution in [3.8, 4) is 0 Å². The number of allylic oxidation sites excluding steroid dienone is 14. The number of carbonyl (C=O) groups is 2. The molecule has 1 aliphatic carbocycles. The summed E-state index contributed by atoms with van der Waals surface area (Å²) < 4.78 is 33.3. The molecule has 0 aromatic heterocycles. The predicted octanol–water partition coefficient (Wildman–Crippen LogP) is 6.55. The van der Waals surface area contributed by atoms with E-state index >= 15 is 0 Å². The van der Waals surface area contributed by atoms with E-state index in [1.54, 1.807) is 0 Å². The maximum atomic E-state index is 12.8.